The van der Waals surface area contributed by atoms with Crippen LogP contribution in [0.25, 0.3) is 0 Å². The van der Waals surface area contributed by atoms with Crippen LogP contribution in [-0.2, 0) is 6.54 Å². The van der Waals surface area contributed by atoms with E-state index in [-0.39, 0.29) is 11.6 Å². The van der Waals surface area contributed by atoms with Gasteiger partial charge in [0.2, 0.25) is 0 Å². The van der Waals surface area contributed by atoms with E-state index in [0.717, 1.165) is 5.69 Å². The first-order valence-corrected chi connectivity index (χ1v) is 5.89. The van der Waals surface area contributed by atoms with E-state index < -0.39 is 0 Å². The van der Waals surface area contributed by atoms with Gasteiger partial charge in [-0.25, -0.2) is 4.39 Å². The number of hydrogen-bond donors (Lipinski definition) is 1. The van der Waals surface area contributed by atoms with Gasteiger partial charge in [-0.15, -0.1) is 0 Å². The largest absolute Gasteiger partial charge is 0.494 e. The Kier molecular flexibility index (Phi) is 4.05. The van der Waals surface area contributed by atoms with Gasteiger partial charge < -0.3 is 10.1 Å². The van der Waals surface area contributed by atoms with Crippen LogP contribution in [0, 0.1) is 5.82 Å². The van der Waals surface area contributed by atoms with Gasteiger partial charge in [-0.2, -0.15) is 0 Å². The van der Waals surface area contributed by atoms with Crippen LogP contribution in [0.1, 0.15) is 5.56 Å². The van der Waals surface area contributed by atoms with Gasteiger partial charge in [0.05, 0.1) is 7.11 Å². The highest BCUT2D eigenvalue weighted by atomic mass is 35.5. The molecule has 0 saturated heterocycles. The Bertz CT molecular complexity index is 545. The van der Waals surface area contributed by atoms with Gasteiger partial charge in [0.15, 0.2) is 11.6 Å². The Hall–Kier alpha value is -1.74. The Balaban J connectivity index is 2.11. The summed E-state index contributed by atoms with van der Waals surface area (Å²) in [6, 6.07) is 12.4. The van der Waals surface area contributed by atoms with E-state index in [4.69, 9.17) is 16.3 Å². The van der Waals surface area contributed by atoms with Crippen LogP contribution in [0.4, 0.5) is 10.1 Å². The normalized spacial score (nSPS) is 10.2. The molecule has 1 N–H and O–H groups in total. The molecule has 94 valence electrons. The first-order chi connectivity index (χ1) is 8.70. The minimum absolute atomic E-state index is 0.250. The first-order valence-electron chi connectivity index (χ1n) is 5.51. The molecule has 2 rings (SSSR count). The van der Waals surface area contributed by atoms with Crippen molar-refractivity contribution >= 4 is 17.3 Å². The van der Waals surface area contributed by atoms with Crippen LogP contribution in [-0.4, -0.2) is 7.11 Å². The lowest BCUT2D eigenvalue weighted by Gasteiger charge is -2.09. The molecule has 18 heavy (non-hydrogen) atoms. The summed E-state index contributed by atoms with van der Waals surface area (Å²) in [5.74, 6) is -0.0880. The van der Waals surface area contributed by atoms with Crippen LogP contribution in [0.2, 0.25) is 5.02 Å². The van der Waals surface area contributed by atoms with Gasteiger partial charge in [-0.3, -0.25) is 0 Å². The molecular formula is C14H13ClFNO. The molecule has 0 aromatic heterocycles. The predicted molar refractivity (Wildman–Crippen MR) is 71.7 cm³/mol. The fraction of sp³-hybridized carbons (Fsp3) is 0.143. The smallest absolute Gasteiger partial charge is 0.170 e. The lowest BCUT2D eigenvalue weighted by atomic mass is 10.2. The molecule has 0 radical (unpaired) electrons. The van der Waals surface area contributed by atoms with E-state index in [0.29, 0.717) is 17.1 Å². The first kappa shape index (κ1) is 12.7. The molecule has 2 aromatic rings. The summed E-state index contributed by atoms with van der Waals surface area (Å²) in [6.07, 6.45) is 0. The summed E-state index contributed by atoms with van der Waals surface area (Å²) in [6.45, 7) is 0.378. The zero-order valence-electron chi connectivity index (χ0n) is 9.91. The molecule has 0 unspecified atom stereocenters. The van der Waals surface area contributed by atoms with Crippen molar-refractivity contribution in [2.24, 2.45) is 0 Å². The maximum atomic E-state index is 13.9. The highest BCUT2D eigenvalue weighted by molar-refractivity contribution is 6.30. The zero-order valence-corrected chi connectivity index (χ0v) is 10.7. The molecule has 0 aliphatic rings. The van der Waals surface area contributed by atoms with E-state index in [2.05, 4.69) is 5.32 Å². The van der Waals surface area contributed by atoms with Crippen molar-refractivity contribution < 1.29 is 9.13 Å². The number of halogens is 2. The molecule has 0 aliphatic heterocycles. The Morgan fingerprint density at radius 3 is 2.72 bits per heavy atom. The summed E-state index contributed by atoms with van der Waals surface area (Å²) in [5, 5.41) is 3.76. The molecule has 0 heterocycles. The number of methoxy groups -OCH3 is 1. The molecule has 0 atom stereocenters. The minimum Gasteiger partial charge on any atom is -0.494 e. The average molecular weight is 266 g/mol. The van der Waals surface area contributed by atoms with E-state index in [9.17, 15) is 4.39 Å². The van der Waals surface area contributed by atoms with Gasteiger partial charge in [-0.05, 0) is 24.3 Å². The molecular weight excluding hydrogens is 253 g/mol. The minimum atomic E-state index is -0.338. The standard InChI is InChI=1S/C14H13ClFNO/c1-18-13-7-2-4-10(14(13)16)9-17-12-6-3-5-11(15)8-12/h2-8,17H,9H2,1H3. The third-order valence-electron chi connectivity index (χ3n) is 2.57. The van der Waals surface area contributed by atoms with Crippen LogP contribution in [0.5, 0.6) is 5.75 Å². The van der Waals surface area contributed by atoms with E-state index in [1.807, 2.05) is 12.1 Å². The van der Waals surface area contributed by atoms with Gasteiger partial charge >= 0.3 is 0 Å². The maximum Gasteiger partial charge on any atom is 0.170 e. The number of nitrogens with one attached hydrogen (secondary N) is 1. The number of anilines is 1. The number of benzene rings is 2. The zero-order chi connectivity index (χ0) is 13.0. The highest BCUT2D eigenvalue weighted by Crippen LogP contribution is 2.21. The summed E-state index contributed by atoms with van der Waals surface area (Å²) in [4.78, 5) is 0. The molecule has 2 aromatic carbocycles. The summed E-state index contributed by atoms with van der Waals surface area (Å²) < 4.78 is 18.8. The topological polar surface area (TPSA) is 21.3 Å². The molecule has 0 saturated carbocycles. The second-order valence-corrected chi connectivity index (χ2v) is 4.23. The molecule has 0 fully saturated rings. The van der Waals surface area contributed by atoms with Gasteiger partial charge in [0, 0.05) is 22.8 Å². The van der Waals surface area contributed by atoms with Gasteiger partial charge in [-0.1, -0.05) is 29.8 Å². The van der Waals surface area contributed by atoms with Gasteiger partial charge in [0.1, 0.15) is 0 Å². The Morgan fingerprint density at radius 1 is 1.22 bits per heavy atom. The van der Waals surface area contributed by atoms with Crippen molar-refractivity contribution in [3.63, 3.8) is 0 Å². The molecule has 4 heteroatoms. The summed E-state index contributed by atoms with van der Waals surface area (Å²) in [5.41, 5.74) is 1.40. The Morgan fingerprint density at radius 2 is 2.00 bits per heavy atom. The van der Waals surface area contributed by atoms with Crippen molar-refractivity contribution in [3.05, 3.63) is 58.9 Å². The number of ether oxygens (including phenoxy) is 1. The maximum absolute atomic E-state index is 13.9. The molecule has 0 bridgehead atoms. The van der Waals surface area contributed by atoms with Crippen LogP contribution in [0.15, 0.2) is 42.5 Å². The van der Waals surface area contributed by atoms with Crippen LogP contribution >= 0.6 is 11.6 Å². The lowest BCUT2D eigenvalue weighted by molar-refractivity contribution is 0.384. The quantitative estimate of drug-likeness (QED) is 0.899. The van der Waals surface area contributed by atoms with Crippen LogP contribution in [0.3, 0.4) is 0 Å². The third-order valence-corrected chi connectivity index (χ3v) is 2.81. The van der Waals surface area contributed by atoms with Gasteiger partial charge in [0.25, 0.3) is 0 Å². The van der Waals surface area contributed by atoms with Crippen molar-refractivity contribution in [2.75, 3.05) is 12.4 Å². The fourth-order valence-electron chi connectivity index (χ4n) is 1.65. The van der Waals surface area contributed by atoms with Crippen molar-refractivity contribution in [1.82, 2.24) is 0 Å². The van der Waals surface area contributed by atoms with E-state index in [1.165, 1.54) is 7.11 Å². The average Bonchev–Trinajstić information content (AvgIpc) is 2.38. The number of rotatable bonds is 4. The van der Waals surface area contributed by atoms with E-state index >= 15 is 0 Å². The molecule has 0 aliphatic carbocycles. The van der Waals surface area contributed by atoms with Crippen molar-refractivity contribution in [1.29, 1.82) is 0 Å². The molecule has 0 amide bonds. The fourth-order valence-corrected chi connectivity index (χ4v) is 1.84. The molecule has 0 spiro atoms. The number of hydrogen-bond acceptors (Lipinski definition) is 2. The van der Waals surface area contributed by atoms with E-state index in [1.54, 1.807) is 30.3 Å². The second-order valence-electron chi connectivity index (χ2n) is 3.80. The Labute approximate surface area is 110 Å². The molecule has 2 nitrogen and oxygen atoms in total. The SMILES string of the molecule is COc1cccc(CNc2cccc(Cl)c2)c1F. The lowest BCUT2D eigenvalue weighted by Crippen LogP contribution is -2.02. The van der Waals surface area contributed by atoms with Crippen molar-refractivity contribution in [3.8, 4) is 5.75 Å². The second kappa shape index (κ2) is 5.74. The van der Waals surface area contributed by atoms with Crippen LogP contribution < -0.4 is 10.1 Å². The monoisotopic (exact) mass is 265 g/mol. The predicted octanol–water partition coefficient (Wildman–Crippen LogP) is 4.10. The third kappa shape index (κ3) is 2.93. The summed E-state index contributed by atoms with van der Waals surface area (Å²) in [7, 11) is 1.45. The summed E-state index contributed by atoms with van der Waals surface area (Å²) >= 11 is 5.87. The van der Waals surface area contributed by atoms with Crippen molar-refractivity contribution in [2.45, 2.75) is 6.54 Å². The highest BCUT2D eigenvalue weighted by Gasteiger charge is 2.07.